The van der Waals surface area contributed by atoms with Gasteiger partial charge in [-0.2, -0.15) is 0 Å². The number of rotatable bonds is 3. The Balaban J connectivity index is 0.00000225. The highest BCUT2D eigenvalue weighted by atomic mass is 127. The molecule has 3 heterocycles. The molecule has 0 spiro atoms. The Morgan fingerprint density at radius 3 is 2.68 bits per heavy atom. The van der Waals surface area contributed by atoms with E-state index in [1.807, 2.05) is 7.05 Å². The lowest BCUT2D eigenvalue weighted by Gasteiger charge is -2.37. The van der Waals surface area contributed by atoms with Crippen molar-refractivity contribution in [2.45, 2.75) is 33.6 Å². The van der Waals surface area contributed by atoms with Crippen molar-refractivity contribution in [3.8, 4) is 0 Å². The van der Waals surface area contributed by atoms with Crippen molar-refractivity contribution in [3.63, 3.8) is 0 Å². The first kappa shape index (κ1) is 20.0. The van der Waals surface area contributed by atoms with E-state index < -0.39 is 0 Å². The Kier molecular flexibility index (Phi) is 7.10. The summed E-state index contributed by atoms with van der Waals surface area (Å²) < 4.78 is 2.10. The summed E-state index contributed by atoms with van der Waals surface area (Å²) in [6, 6.07) is 4.16. The summed E-state index contributed by atoms with van der Waals surface area (Å²) in [6.07, 6.45) is 6.40. The van der Waals surface area contributed by atoms with Crippen molar-refractivity contribution in [1.29, 1.82) is 0 Å². The van der Waals surface area contributed by atoms with E-state index in [2.05, 4.69) is 64.9 Å². The molecule has 2 unspecified atom stereocenters. The minimum atomic E-state index is 0. The second kappa shape index (κ2) is 8.87. The summed E-state index contributed by atoms with van der Waals surface area (Å²) >= 11 is 0. The van der Waals surface area contributed by atoms with Crippen LogP contribution in [0.15, 0.2) is 29.5 Å². The zero-order valence-electron chi connectivity index (χ0n) is 15.7. The van der Waals surface area contributed by atoms with Crippen LogP contribution in [0.5, 0.6) is 0 Å². The van der Waals surface area contributed by atoms with Gasteiger partial charge in [-0.25, -0.2) is 4.98 Å². The average molecular weight is 455 g/mol. The maximum Gasteiger partial charge on any atom is 0.193 e. The van der Waals surface area contributed by atoms with E-state index in [9.17, 15) is 0 Å². The summed E-state index contributed by atoms with van der Waals surface area (Å²) in [4.78, 5) is 11.6. The fourth-order valence-corrected chi connectivity index (χ4v) is 3.80. The van der Waals surface area contributed by atoms with E-state index >= 15 is 0 Å². The van der Waals surface area contributed by atoms with Gasteiger partial charge < -0.3 is 14.6 Å². The summed E-state index contributed by atoms with van der Waals surface area (Å²) in [7, 11) is 1.88. The number of imidazole rings is 1. The van der Waals surface area contributed by atoms with Crippen molar-refractivity contribution in [3.05, 3.63) is 35.8 Å². The van der Waals surface area contributed by atoms with Crippen LogP contribution >= 0.6 is 24.0 Å². The van der Waals surface area contributed by atoms with Crippen LogP contribution in [0.2, 0.25) is 0 Å². The van der Waals surface area contributed by atoms with Gasteiger partial charge in [-0.05, 0) is 36.8 Å². The van der Waals surface area contributed by atoms with Crippen molar-refractivity contribution >= 4 is 35.6 Å². The van der Waals surface area contributed by atoms with Gasteiger partial charge in [0.15, 0.2) is 5.96 Å². The number of nitrogens with one attached hydrogen (secondary N) is 1. The molecule has 1 aliphatic rings. The highest BCUT2D eigenvalue weighted by molar-refractivity contribution is 14.0. The molecule has 1 saturated heterocycles. The first-order valence-electron chi connectivity index (χ1n) is 8.95. The van der Waals surface area contributed by atoms with Gasteiger partial charge in [0.1, 0.15) is 5.65 Å². The van der Waals surface area contributed by atoms with Crippen LogP contribution in [0.1, 0.15) is 31.5 Å². The molecular formula is C19H30IN5. The third-order valence-corrected chi connectivity index (χ3v) is 4.77. The third kappa shape index (κ3) is 4.86. The van der Waals surface area contributed by atoms with E-state index in [4.69, 9.17) is 4.98 Å². The first-order chi connectivity index (χ1) is 11.6. The van der Waals surface area contributed by atoms with Crippen LogP contribution in [0, 0.1) is 18.8 Å². The van der Waals surface area contributed by atoms with E-state index in [1.54, 1.807) is 0 Å². The molecule has 0 saturated carbocycles. The van der Waals surface area contributed by atoms with E-state index in [0.717, 1.165) is 55.2 Å². The number of piperidine rings is 1. The third-order valence-electron chi connectivity index (χ3n) is 4.77. The Morgan fingerprint density at radius 2 is 2.04 bits per heavy atom. The van der Waals surface area contributed by atoms with E-state index in [0.29, 0.717) is 0 Å². The molecule has 1 N–H and O–H groups in total. The molecule has 2 aromatic heterocycles. The van der Waals surface area contributed by atoms with Gasteiger partial charge in [0.25, 0.3) is 0 Å². The molecule has 2 atom stereocenters. The second-order valence-electron chi connectivity index (χ2n) is 7.23. The quantitative estimate of drug-likeness (QED) is 0.439. The van der Waals surface area contributed by atoms with Crippen molar-refractivity contribution in [2.24, 2.45) is 16.8 Å². The lowest BCUT2D eigenvalue weighted by molar-refractivity contribution is 0.208. The molecule has 138 valence electrons. The minimum Gasteiger partial charge on any atom is -0.356 e. The maximum atomic E-state index is 4.74. The van der Waals surface area contributed by atoms with Gasteiger partial charge in [-0.3, -0.25) is 4.99 Å². The van der Waals surface area contributed by atoms with Crippen LogP contribution in [-0.4, -0.2) is 46.9 Å². The molecule has 5 nitrogen and oxygen atoms in total. The lowest BCUT2D eigenvalue weighted by atomic mass is 9.92. The number of fused-ring (bicyclic) bond motifs is 1. The van der Waals surface area contributed by atoms with Gasteiger partial charge in [0.2, 0.25) is 0 Å². The number of hydrogen-bond acceptors (Lipinski definition) is 2. The number of guanidine groups is 1. The molecule has 0 bridgehead atoms. The number of aromatic nitrogens is 2. The number of aliphatic imine (C=N–C) groups is 1. The maximum absolute atomic E-state index is 4.74. The smallest absolute Gasteiger partial charge is 0.193 e. The topological polar surface area (TPSA) is 44.9 Å². The molecule has 2 aromatic rings. The molecule has 1 aliphatic heterocycles. The molecule has 0 radical (unpaired) electrons. The summed E-state index contributed by atoms with van der Waals surface area (Å²) in [5.74, 6) is 2.48. The van der Waals surface area contributed by atoms with E-state index in [-0.39, 0.29) is 24.0 Å². The van der Waals surface area contributed by atoms with Gasteiger partial charge in [0.05, 0.1) is 5.69 Å². The Morgan fingerprint density at radius 1 is 1.32 bits per heavy atom. The Bertz CT molecular complexity index is 714. The van der Waals surface area contributed by atoms with Crippen LogP contribution in [0.4, 0.5) is 0 Å². The molecule has 3 rings (SSSR count). The normalized spacial score (nSPS) is 21.3. The van der Waals surface area contributed by atoms with E-state index in [1.165, 1.54) is 12.0 Å². The Hall–Kier alpha value is -1.31. The number of aryl methyl sites for hydroxylation is 1. The molecule has 1 fully saturated rings. The molecule has 0 amide bonds. The molecule has 6 heteroatoms. The Labute approximate surface area is 167 Å². The van der Waals surface area contributed by atoms with Crippen LogP contribution in [0.3, 0.4) is 0 Å². The SMILES string of the molecule is CN=C(NCCc1cn2cccc(C)c2n1)N1CC(C)CC(C)C1.I. The molecule has 0 aliphatic carbocycles. The fourth-order valence-electron chi connectivity index (χ4n) is 3.80. The predicted octanol–water partition coefficient (Wildman–Crippen LogP) is 3.36. The van der Waals surface area contributed by atoms with Crippen molar-refractivity contribution in [2.75, 3.05) is 26.7 Å². The lowest BCUT2D eigenvalue weighted by Crippen LogP contribution is -2.48. The van der Waals surface area contributed by atoms with Crippen LogP contribution in [-0.2, 0) is 6.42 Å². The molecule has 25 heavy (non-hydrogen) atoms. The van der Waals surface area contributed by atoms with Gasteiger partial charge in [-0.15, -0.1) is 24.0 Å². The monoisotopic (exact) mass is 455 g/mol. The van der Waals surface area contributed by atoms with Crippen LogP contribution < -0.4 is 5.32 Å². The highest BCUT2D eigenvalue weighted by Gasteiger charge is 2.23. The summed E-state index contributed by atoms with van der Waals surface area (Å²) in [5.41, 5.74) is 3.38. The number of pyridine rings is 1. The van der Waals surface area contributed by atoms with Crippen LogP contribution in [0.25, 0.3) is 5.65 Å². The average Bonchev–Trinajstić information content (AvgIpc) is 2.95. The first-order valence-corrected chi connectivity index (χ1v) is 8.95. The fraction of sp³-hybridized carbons (Fsp3) is 0.579. The molecular weight excluding hydrogens is 425 g/mol. The number of likely N-dealkylation sites (tertiary alicyclic amines) is 1. The van der Waals surface area contributed by atoms with Crippen molar-refractivity contribution < 1.29 is 0 Å². The minimum absolute atomic E-state index is 0. The number of nitrogens with zero attached hydrogens (tertiary/aromatic N) is 4. The number of hydrogen-bond donors (Lipinski definition) is 1. The number of halogens is 1. The zero-order valence-corrected chi connectivity index (χ0v) is 18.0. The predicted molar refractivity (Wildman–Crippen MR) is 115 cm³/mol. The summed E-state index contributed by atoms with van der Waals surface area (Å²) in [6.45, 7) is 9.80. The largest absolute Gasteiger partial charge is 0.356 e. The highest BCUT2D eigenvalue weighted by Crippen LogP contribution is 2.20. The molecule has 0 aromatic carbocycles. The second-order valence-corrected chi connectivity index (χ2v) is 7.23. The zero-order chi connectivity index (χ0) is 17.1. The van der Waals surface area contributed by atoms with Crippen molar-refractivity contribution in [1.82, 2.24) is 19.6 Å². The van der Waals surface area contributed by atoms with Gasteiger partial charge in [0, 0.05) is 45.5 Å². The summed E-state index contributed by atoms with van der Waals surface area (Å²) in [5, 5.41) is 3.51. The standard InChI is InChI=1S/C19H29N5.HI/c1-14-10-15(2)12-24(11-14)19(20-4)21-8-7-17-13-23-9-5-6-16(3)18(23)22-17;/h5-6,9,13-15H,7-8,10-12H2,1-4H3,(H,20,21);1H. The van der Waals surface area contributed by atoms with Gasteiger partial charge in [-0.1, -0.05) is 19.9 Å². The van der Waals surface area contributed by atoms with Gasteiger partial charge >= 0.3 is 0 Å².